The van der Waals surface area contributed by atoms with Gasteiger partial charge in [-0.1, -0.05) is 31.5 Å². The molecule has 0 heterocycles. The van der Waals surface area contributed by atoms with Crippen molar-refractivity contribution in [3.8, 4) is 0 Å². The predicted molar refractivity (Wildman–Crippen MR) is 68.9 cm³/mol. The van der Waals surface area contributed by atoms with Crippen LogP contribution in [0.15, 0.2) is 35.2 Å². The molecular formula is C13H20O2S. The Morgan fingerprint density at radius 2 is 2.06 bits per heavy atom. The maximum atomic E-state index is 9.66. The highest BCUT2D eigenvalue weighted by molar-refractivity contribution is 7.99. The van der Waals surface area contributed by atoms with Crippen LogP contribution in [-0.4, -0.2) is 30.2 Å². The Labute approximate surface area is 102 Å². The van der Waals surface area contributed by atoms with Gasteiger partial charge in [0.2, 0.25) is 0 Å². The first-order valence-corrected chi connectivity index (χ1v) is 6.75. The van der Waals surface area contributed by atoms with E-state index in [0.29, 0.717) is 12.4 Å². The third-order valence-corrected chi connectivity index (χ3v) is 3.29. The molecule has 0 bridgehead atoms. The van der Waals surface area contributed by atoms with Crippen LogP contribution in [0.25, 0.3) is 0 Å². The fourth-order valence-corrected chi connectivity index (χ4v) is 2.05. The van der Waals surface area contributed by atoms with Gasteiger partial charge in [0.25, 0.3) is 0 Å². The second kappa shape index (κ2) is 8.62. The fourth-order valence-electron chi connectivity index (χ4n) is 1.22. The number of benzene rings is 1. The molecule has 3 heteroatoms. The van der Waals surface area contributed by atoms with Crippen LogP contribution in [0.3, 0.4) is 0 Å². The first-order valence-electron chi connectivity index (χ1n) is 5.76. The van der Waals surface area contributed by atoms with E-state index in [-0.39, 0.29) is 6.10 Å². The van der Waals surface area contributed by atoms with E-state index in [1.54, 1.807) is 11.8 Å². The minimum atomic E-state index is -0.373. The number of ether oxygens (including phenoxy) is 1. The first kappa shape index (κ1) is 13.6. The van der Waals surface area contributed by atoms with Gasteiger partial charge in [0, 0.05) is 17.3 Å². The zero-order valence-corrected chi connectivity index (χ0v) is 10.6. The Morgan fingerprint density at radius 1 is 1.31 bits per heavy atom. The Hall–Kier alpha value is -0.510. The van der Waals surface area contributed by atoms with Crippen LogP contribution in [0.1, 0.15) is 19.8 Å². The average Bonchev–Trinajstić information content (AvgIpc) is 2.33. The van der Waals surface area contributed by atoms with Gasteiger partial charge in [-0.3, -0.25) is 0 Å². The van der Waals surface area contributed by atoms with Gasteiger partial charge in [0.1, 0.15) is 0 Å². The van der Waals surface area contributed by atoms with Crippen LogP contribution in [-0.2, 0) is 4.74 Å². The van der Waals surface area contributed by atoms with Crippen molar-refractivity contribution in [1.82, 2.24) is 0 Å². The molecule has 0 aliphatic heterocycles. The number of thioether (sulfide) groups is 1. The van der Waals surface area contributed by atoms with Crippen molar-refractivity contribution in [2.75, 3.05) is 19.0 Å². The zero-order valence-electron chi connectivity index (χ0n) is 9.76. The maximum Gasteiger partial charge on any atom is 0.0867 e. The molecule has 0 saturated carbocycles. The highest BCUT2D eigenvalue weighted by Crippen LogP contribution is 2.17. The summed E-state index contributed by atoms with van der Waals surface area (Å²) in [5, 5.41) is 9.66. The lowest BCUT2D eigenvalue weighted by molar-refractivity contribution is 0.0473. The summed E-state index contributed by atoms with van der Waals surface area (Å²) in [6.45, 7) is 3.33. The van der Waals surface area contributed by atoms with Crippen LogP contribution in [0.5, 0.6) is 0 Å². The molecule has 0 aliphatic carbocycles. The van der Waals surface area contributed by atoms with Crippen LogP contribution in [0.4, 0.5) is 0 Å². The molecular weight excluding hydrogens is 220 g/mol. The lowest BCUT2D eigenvalue weighted by Gasteiger charge is -2.10. The largest absolute Gasteiger partial charge is 0.390 e. The maximum absolute atomic E-state index is 9.66. The van der Waals surface area contributed by atoms with Gasteiger partial charge in [0.05, 0.1) is 12.7 Å². The van der Waals surface area contributed by atoms with Crippen molar-refractivity contribution < 1.29 is 9.84 Å². The van der Waals surface area contributed by atoms with E-state index >= 15 is 0 Å². The molecule has 16 heavy (non-hydrogen) atoms. The highest BCUT2D eigenvalue weighted by atomic mass is 32.2. The molecule has 0 fully saturated rings. The molecule has 0 saturated heterocycles. The van der Waals surface area contributed by atoms with E-state index in [1.807, 2.05) is 18.2 Å². The number of hydrogen-bond donors (Lipinski definition) is 1. The topological polar surface area (TPSA) is 29.5 Å². The molecule has 1 atom stereocenters. The van der Waals surface area contributed by atoms with Crippen molar-refractivity contribution in [2.45, 2.75) is 30.8 Å². The van der Waals surface area contributed by atoms with Crippen molar-refractivity contribution >= 4 is 11.8 Å². The van der Waals surface area contributed by atoms with E-state index in [9.17, 15) is 5.11 Å². The molecule has 90 valence electrons. The number of aliphatic hydroxyl groups is 1. The molecule has 1 unspecified atom stereocenters. The standard InChI is InChI=1S/C13H20O2S/c1-2-3-9-15-10-12(14)11-16-13-7-5-4-6-8-13/h4-8,12,14H,2-3,9-11H2,1H3. The Bertz CT molecular complexity index is 264. The lowest BCUT2D eigenvalue weighted by atomic mass is 10.3. The molecule has 0 amide bonds. The molecule has 1 N–H and O–H groups in total. The average molecular weight is 240 g/mol. The molecule has 0 aromatic heterocycles. The third-order valence-electron chi connectivity index (χ3n) is 2.14. The fraction of sp³-hybridized carbons (Fsp3) is 0.538. The van der Waals surface area contributed by atoms with Crippen LogP contribution in [0.2, 0.25) is 0 Å². The van der Waals surface area contributed by atoms with Crippen molar-refractivity contribution in [3.05, 3.63) is 30.3 Å². The van der Waals surface area contributed by atoms with Crippen molar-refractivity contribution in [2.24, 2.45) is 0 Å². The van der Waals surface area contributed by atoms with E-state index in [4.69, 9.17) is 4.74 Å². The van der Waals surface area contributed by atoms with Gasteiger partial charge in [-0.2, -0.15) is 0 Å². The zero-order chi connectivity index (χ0) is 11.6. The van der Waals surface area contributed by atoms with E-state index < -0.39 is 0 Å². The summed E-state index contributed by atoms with van der Waals surface area (Å²) >= 11 is 1.66. The quantitative estimate of drug-likeness (QED) is 0.559. The van der Waals surface area contributed by atoms with Gasteiger partial charge in [-0.15, -0.1) is 11.8 Å². The monoisotopic (exact) mass is 240 g/mol. The third kappa shape index (κ3) is 6.16. The number of unbranched alkanes of at least 4 members (excludes halogenated alkanes) is 1. The van der Waals surface area contributed by atoms with Crippen LogP contribution < -0.4 is 0 Å². The molecule has 0 aliphatic rings. The summed E-state index contributed by atoms with van der Waals surface area (Å²) in [5.74, 6) is 0.691. The smallest absolute Gasteiger partial charge is 0.0867 e. The normalized spacial score (nSPS) is 12.6. The Balaban J connectivity index is 2.08. The summed E-state index contributed by atoms with van der Waals surface area (Å²) in [5.41, 5.74) is 0. The number of hydrogen-bond acceptors (Lipinski definition) is 3. The summed E-state index contributed by atoms with van der Waals surface area (Å²) < 4.78 is 5.36. The summed E-state index contributed by atoms with van der Waals surface area (Å²) in [6.07, 6.45) is 1.83. The highest BCUT2D eigenvalue weighted by Gasteiger charge is 2.04. The molecule has 2 nitrogen and oxygen atoms in total. The number of aliphatic hydroxyl groups excluding tert-OH is 1. The minimum Gasteiger partial charge on any atom is -0.390 e. The van der Waals surface area contributed by atoms with Gasteiger partial charge in [-0.25, -0.2) is 0 Å². The van der Waals surface area contributed by atoms with Gasteiger partial charge >= 0.3 is 0 Å². The second-order valence-electron chi connectivity index (χ2n) is 3.71. The summed E-state index contributed by atoms with van der Waals surface area (Å²) in [4.78, 5) is 1.19. The SMILES string of the molecule is CCCCOCC(O)CSc1ccccc1. The van der Waals surface area contributed by atoms with E-state index in [0.717, 1.165) is 19.4 Å². The van der Waals surface area contributed by atoms with E-state index in [1.165, 1.54) is 4.90 Å². The number of rotatable bonds is 8. The molecule has 1 aromatic carbocycles. The first-order chi connectivity index (χ1) is 7.83. The lowest BCUT2D eigenvalue weighted by Crippen LogP contribution is -2.18. The van der Waals surface area contributed by atoms with Crippen molar-refractivity contribution in [1.29, 1.82) is 0 Å². The molecule has 0 radical (unpaired) electrons. The van der Waals surface area contributed by atoms with Gasteiger partial charge < -0.3 is 9.84 Å². The minimum absolute atomic E-state index is 0.373. The van der Waals surface area contributed by atoms with Crippen LogP contribution >= 0.6 is 11.8 Å². The molecule has 1 aromatic rings. The van der Waals surface area contributed by atoms with E-state index in [2.05, 4.69) is 19.1 Å². The summed E-state index contributed by atoms with van der Waals surface area (Å²) in [7, 11) is 0. The Morgan fingerprint density at radius 3 is 2.75 bits per heavy atom. The van der Waals surface area contributed by atoms with Gasteiger partial charge in [0.15, 0.2) is 0 Å². The summed E-state index contributed by atoms with van der Waals surface area (Å²) in [6, 6.07) is 10.1. The van der Waals surface area contributed by atoms with Crippen molar-refractivity contribution in [3.63, 3.8) is 0 Å². The van der Waals surface area contributed by atoms with Crippen LogP contribution in [0, 0.1) is 0 Å². The predicted octanol–water partition coefficient (Wildman–Crippen LogP) is 2.96. The van der Waals surface area contributed by atoms with Gasteiger partial charge in [-0.05, 0) is 18.6 Å². The second-order valence-corrected chi connectivity index (χ2v) is 4.80. The molecule has 0 spiro atoms. The Kier molecular flexibility index (Phi) is 7.30. The molecule has 1 rings (SSSR count).